The van der Waals surface area contributed by atoms with E-state index in [0.717, 1.165) is 11.4 Å². The first-order valence-corrected chi connectivity index (χ1v) is 7.36. The van der Waals surface area contributed by atoms with Crippen molar-refractivity contribution in [2.45, 2.75) is 26.3 Å². The summed E-state index contributed by atoms with van der Waals surface area (Å²) in [4.78, 5) is 16.7. The molecule has 0 bridgehead atoms. The predicted octanol–water partition coefficient (Wildman–Crippen LogP) is 1.63. The van der Waals surface area contributed by atoms with Crippen molar-refractivity contribution in [1.29, 1.82) is 0 Å². The van der Waals surface area contributed by atoms with E-state index < -0.39 is 0 Å². The molecule has 108 valence electrons. The lowest BCUT2D eigenvalue weighted by molar-refractivity contribution is 0.0949. The fourth-order valence-electron chi connectivity index (χ4n) is 1.84. The Balaban J connectivity index is 1.76. The summed E-state index contributed by atoms with van der Waals surface area (Å²) in [6.07, 6.45) is 3.39. The van der Waals surface area contributed by atoms with Gasteiger partial charge in [-0.1, -0.05) is 25.2 Å². The van der Waals surface area contributed by atoms with Gasteiger partial charge in [0.2, 0.25) is 9.97 Å². The van der Waals surface area contributed by atoms with Gasteiger partial charge in [0.05, 0.1) is 0 Å². The van der Waals surface area contributed by atoms with Gasteiger partial charge < -0.3 is 5.32 Å². The molecule has 0 aliphatic heterocycles. The monoisotopic (exact) mass is 302 g/mol. The zero-order valence-electron chi connectivity index (χ0n) is 11.6. The topological polar surface area (TPSA) is 85.1 Å². The Bertz CT molecular complexity index is 763. The van der Waals surface area contributed by atoms with Crippen molar-refractivity contribution in [3.05, 3.63) is 40.9 Å². The van der Waals surface area contributed by atoms with Crippen molar-refractivity contribution < 1.29 is 4.79 Å². The summed E-state index contributed by atoms with van der Waals surface area (Å²) in [6, 6.07) is 3.71. The van der Waals surface area contributed by atoms with Crippen LogP contribution in [0.2, 0.25) is 0 Å². The van der Waals surface area contributed by atoms with Crippen LogP contribution in [0, 0.1) is 0 Å². The summed E-state index contributed by atoms with van der Waals surface area (Å²) in [5, 5.41) is 15.6. The summed E-state index contributed by atoms with van der Waals surface area (Å²) in [7, 11) is 0. The van der Waals surface area contributed by atoms with Crippen molar-refractivity contribution in [3.8, 4) is 0 Å². The normalized spacial score (nSPS) is 11.2. The zero-order valence-corrected chi connectivity index (χ0v) is 12.5. The predicted molar refractivity (Wildman–Crippen MR) is 78.2 cm³/mol. The number of aromatic nitrogens is 5. The fourth-order valence-corrected chi connectivity index (χ4v) is 2.61. The first-order chi connectivity index (χ1) is 10.1. The van der Waals surface area contributed by atoms with E-state index in [1.807, 2.05) is 26.0 Å². The van der Waals surface area contributed by atoms with E-state index in [1.54, 1.807) is 16.9 Å². The largest absolute Gasteiger partial charge is 0.346 e. The molecule has 1 amide bonds. The highest BCUT2D eigenvalue weighted by atomic mass is 32.1. The molecule has 1 N–H and O–H groups in total. The van der Waals surface area contributed by atoms with Crippen molar-refractivity contribution >= 4 is 22.2 Å². The van der Waals surface area contributed by atoms with Crippen molar-refractivity contribution in [1.82, 2.24) is 30.1 Å². The number of hydrogen-bond acceptors (Lipinski definition) is 6. The molecule has 0 aromatic carbocycles. The van der Waals surface area contributed by atoms with Gasteiger partial charge in [-0.2, -0.15) is 4.52 Å². The second-order valence-corrected chi connectivity index (χ2v) is 5.81. The van der Waals surface area contributed by atoms with Crippen LogP contribution in [0.15, 0.2) is 24.5 Å². The Morgan fingerprint density at radius 2 is 2.10 bits per heavy atom. The minimum Gasteiger partial charge on any atom is -0.346 e. The first-order valence-electron chi connectivity index (χ1n) is 6.54. The molecule has 0 radical (unpaired) electrons. The number of pyridine rings is 1. The minimum atomic E-state index is -0.211. The van der Waals surface area contributed by atoms with Crippen molar-refractivity contribution in [2.75, 3.05) is 0 Å². The van der Waals surface area contributed by atoms with Crippen LogP contribution >= 0.6 is 11.3 Å². The van der Waals surface area contributed by atoms with Crippen LogP contribution in [0.25, 0.3) is 4.96 Å². The standard InChI is InChI=1S/C13H14N6OS/c1-8(2)10-16-17-13-19(10)18-12(21-13)11(20)15-7-9-3-5-14-6-4-9/h3-6,8H,7H2,1-2H3,(H,15,20). The van der Waals surface area contributed by atoms with E-state index in [4.69, 9.17) is 0 Å². The van der Waals surface area contributed by atoms with Crippen molar-refractivity contribution in [3.63, 3.8) is 0 Å². The summed E-state index contributed by atoms with van der Waals surface area (Å²) >= 11 is 1.23. The molecule has 0 atom stereocenters. The molecular formula is C13H14N6OS. The molecule has 0 aliphatic rings. The van der Waals surface area contributed by atoms with Crippen LogP contribution in [0.1, 0.15) is 41.0 Å². The van der Waals surface area contributed by atoms with E-state index >= 15 is 0 Å². The third-order valence-electron chi connectivity index (χ3n) is 2.93. The first kappa shape index (κ1) is 13.6. The molecule has 0 saturated heterocycles. The van der Waals surface area contributed by atoms with Gasteiger partial charge in [0.15, 0.2) is 5.82 Å². The molecule has 0 unspecified atom stereocenters. The van der Waals surface area contributed by atoms with Gasteiger partial charge in [-0.15, -0.1) is 15.3 Å². The van der Waals surface area contributed by atoms with Crippen LogP contribution in [-0.2, 0) is 6.54 Å². The average molecular weight is 302 g/mol. The Labute approximate surface area is 125 Å². The average Bonchev–Trinajstić information content (AvgIpc) is 3.05. The third kappa shape index (κ3) is 2.75. The van der Waals surface area contributed by atoms with Gasteiger partial charge in [0.1, 0.15) is 0 Å². The quantitative estimate of drug-likeness (QED) is 0.792. The van der Waals surface area contributed by atoms with E-state index in [-0.39, 0.29) is 11.8 Å². The van der Waals surface area contributed by atoms with E-state index in [0.29, 0.717) is 16.5 Å². The number of nitrogens with one attached hydrogen (secondary N) is 1. The zero-order chi connectivity index (χ0) is 14.8. The fraction of sp³-hybridized carbons (Fsp3) is 0.308. The third-order valence-corrected chi connectivity index (χ3v) is 3.83. The Kier molecular flexibility index (Phi) is 3.61. The van der Waals surface area contributed by atoms with Gasteiger partial charge in [0, 0.05) is 24.9 Å². The van der Waals surface area contributed by atoms with Gasteiger partial charge >= 0.3 is 0 Å². The lowest BCUT2D eigenvalue weighted by Gasteiger charge is -2.02. The SMILES string of the molecule is CC(C)c1nnc2sc(C(=O)NCc3ccncc3)nn12. The molecule has 3 aromatic heterocycles. The van der Waals surface area contributed by atoms with Gasteiger partial charge in [0.25, 0.3) is 5.91 Å². The lowest BCUT2D eigenvalue weighted by atomic mass is 10.2. The van der Waals surface area contributed by atoms with E-state index in [1.165, 1.54) is 11.3 Å². The number of nitrogens with zero attached hydrogens (tertiary/aromatic N) is 5. The molecule has 0 saturated carbocycles. The number of amides is 1. The molecule has 7 nitrogen and oxygen atoms in total. The second-order valence-electron chi connectivity index (χ2n) is 4.85. The molecule has 8 heteroatoms. The van der Waals surface area contributed by atoms with Gasteiger partial charge in [-0.3, -0.25) is 9.78 Å². The van der Waals surface area contributed by atoms with Crippen LogP contribution in [0.4, 0.5) is 0 Å². The summed E-state index contributed by atoms with van der Waals surface area (Å²) in [5.74, 6) is 0.751. The van der Waals surface area contributed by atoms with Crippen molar-refractivity contribution in [2.24, 2.45) is 0 Å². The molecule has 3 rings (SSSR count). The van der Waals surface area contributed by atoms with Crippen LogP contribution in [0.3, 0.4) is 0 Å². The Morgan fingerprint density at radius 3 is 2.81 bits per heavy atom. The number of hydrogen-bond donors (Lipinski definition) is 1. The number of carbonyl (C=O) groups excluding carboxylic acids is 1. The van der Waals surface area contributed by atoms with Crippen LogP contribution in [0.5, 0.6) is 0 Å². The molecule has 3 heterocycles. The Morgan fingerprint density at radius 1 is 1.33 bits per heavy atom. The second kappa shape index (κ2) is 5.57. The highest BCUT2D eigenvalue weighted by Gasteiger charge is 2.17. The summed E-state index contributed by atoms with van der Waals surface area (Å²) in [5.41, 5.74) is 0.990. The molecule has 21 heavy (non-hydrogen) atoms. The molecular weight excluding hydrogens is 288 g/mol. The molecule has 0 spiro atoms. The Hall–Kier alpha value is -2.35. The number of fused-ring (bicyclic) bond motifs is 1. The van der Waals surface area contributed by atoms with E-state index in [2.05, 4.69) is 25.6 Å². The highest BCUT2D eigenvalue weighted by molar-refractivity contribution is 7.18. The van der Waals surface area contributed by atoms with Gasteiger partial charge in [-0.05, 0) is 17.7 Å². The maximum Gasteiger partial charge on any atom is 0.282 e. The minimum absolute atomic E-state index is 0.204. The summed E-state index contributed by atoms with van der Waals surface area (Å²) in [6.45, 7) is 4.47. The van der Waals surface area contributed by atoms with E-state index in [9.17, 15) is 4.79 Å². The summed E-state index contributed by atoms with van der Waals surface area (Å²) < 4.78 is 1.64. The maximum atomic E-state index is 12.1. The number of rotatable bonds is 4. The lowest BCUT2D eigenvalue weighted by Crippen LogP contribution is -2.22. The molecule has 0 aliphatic carbocycles. The molecule has 0 fully saturated rings. The number of carbonyl (C=O) groups is 1. The van der Waals surface area contributed by atoms with Crippen LogP contribution in [-0.4, -0.2) is 30.7 Å². The smallest absolute Gasteiger partial charge is 0.282 e. The van der Waals surface area contributed by atoms with Gasteiger partial charge in [-0.25, -0.2) is 0 Å². The highest BCUT2D eigenvalue weighted by Crippen LogP contribution is 2.18. The maximum absolute atomic E-state index is 12.1. The molecule has 3 aromatic rings. The van der Waals surface area contributed by atoms with Crippen LogP contribution < -0.4 is 5.32 Å².